The van der Waals surface area contributed by atoms with Crippen LogP contribution in [0.5, 0.6) is 0 Å². The smallest absolute Gasteiger partial charge is 0.155 e. The van der Waals surface area contributed by atoms with Gasteiger partial charge in [0.05, 0.1) is 6.61 Å². The molecule has 0 aliphatic heterocycles. The molecule has 11 heavy (non-hydrogen) atoms. The predicted octanol–water partition coefficient (Wildman–Crippen LogP) is 1.68. The second-order valence-corrected chi connectivity index (χ2v) is 2.51. The van der Waals surface area contributed by atoms with Crippen molar-refractivity contribution in [3.8, 4) is 0 Å². The van der Waals surface area contributed by atoms with Gasteiger partial charge in [0.25, 0.3) is 0 Å². The molecule has 0 aromatic carbocycles. The molecule has 0 amide bonds. The fraction of sp³-hybridized carbons (Fsp3) is 0.667. The third kappa shape index (κ3) is 7.26. The number of aliphatic hydroxyl groups is 1. The first-order chi connectivity index (χ1) is 5.31. The molecule has 0 unspecified atom stereocenters. The number of carbonyl (C=O) groups excluding carboxylic acids is 1. The number of unbranched alkanes of at least 4 members (excludes halogenated alkanes) is 2. The highest BCUT2D eigenvalue weighted by atomic mass is 16.2. The van der Waals surface area contributed by atoms with Gasteiger partial charge in [-0.15, -0.1) is 0 Å². The number of allylic oxidation sites excluding steroid dienone is 1. The molecule has 64 valence electrons. The number of hydrogen-bond donors (Lipinski definition) is 1. The van der Waals surface area contributed by atoms with Crippen molar-refractivity contribution in [2.75, 3.05) is 6.61 Å². The van der Waals surface area contributed by atoms with Crippen LogP contribution in [0.25, 0.3) is 0 Å². The summed E-state index contributed by atoms with van der Waals surface area (Å²) in [4.78, 5) is 10.9. The molecule has 2 nitrogen and oxygen atoms in total. The summed E-state index contributed by atoms with van der Waals surface area (Å²) in [5.74, 6) is 0.118. The SMILES string of the molecule is CCCCCC(=O)/C=C/CO. The second-order valence-electron chi connectivity index (χ2n) is 2.51. The fourth-order valence-corrected chi connectivity index (χ4v) is 0.817. The molecule has 1 N–H and O–H groups in total. The van der Waals surface area contributed by atoms with Gasteiger partial charge < -0.3 is 5.11 Å². The number of ketones is 1. The monoisotopic (exact) mass is 156 g/mol. The van der Waals surface area contributed by atoms with Gasteiger partial charge in [0.2, 0.25) is 0 Å². The molecule has 0 radical (unpaired) electrons. The molecule has 0 saturated heterocycles. The van der Waals surface area contributed by atoms with Crippen molar-refractivity contribution in [1.29, 1.82) is 0 Å². The van der Waals surface area contributed by atoms with Gasteiger partial charge in [-0.1, -0.05) is 25.8 Å². The minimum Gasteiger partial charge on any atom is -0.392 e. The molecule has 0 saturated carbocycles. The minimum absolute atomic E-state index is 0.0421. The molecule has 0 rings (SSSR count). The zero-order valence-electron chi connectivity index (χ0n) is 7.05. The quantitative estimate of drug-likeness (QED) is 0.469. The summed E-state index contributed by atoms with van der Waals surface area (Å²) in [7, 11) is 0. The lowest BCUT2D eigenvalue weighted by Crippen LogP contribution is -1.92. The lowest BCUT2D eigenvalue weighted by atomic mass is 10.1. The van der Waals surface area contributed by atoms with Crippen LogP contribution in [0, 0.1) is 0 Å². The van der Waals surface area contributed by atoms with E-state index in [1.807, 2.05) is 0 Å². The van der Waals surface area contributed by atoms with E-state index in [0.717, 1.165) is 19.3 Å². The molecule has 0 bridgehead atoms. The molecule has 0 aliphatic rings. The van der Waals surface area contributed by atoms with Crippen LogP contribution < -0.4 is 0 Å². The molecule has 0 aliphatic carbocycles. The van der Waals surface area contributed by atoms with Gasteiger partial charge in [-0.2, -0.15) is 0 Å². The Morgan fingerprint density at radius 2 is 2.18 bits per heavy atom. The molecule has 0 aromatic heterocycles. The van der Waals surface area contributed by atoms with E-state index in [2.05, 4.69) is 6.92 Å². The molecular weight excluding hydrogens is 140 g/mol. The Labute approximate surface area is 67.9 Å². The standard InChI is InChI=1S/C9H16O2/c1-2-3-4-6-9(11)7-5-8-10/h5,7,10H,2-4,6,8H2,1H3/b7-5+. The first-order valence-corrected chi connectivity index (χ1v) is 4.11. The number of aliphatic hydroxyl groups excluding tert-OH is 1. The highest BCUT2D eigenvalue weighted by molar-refractivity contribution is 5.89. The van der Waals surface area contributed by atoms with Crippen LogP contribution >= 0.6 is 0 Å². The van der Waals surface area contributed by atoms with Crippen LogP contribution in [0.1, 0.15) is 32.6 Å². The van der Waals surface area contributed by atoms with E-state index in [-0.39, 0.29) is 12.4 Å². The van der Waals surface area contributed by atoms with E-state index in [1.54, 1.807) is 0 Å². The van der Waals surface area contributed by atoms with Crippen molar-refractivity contribution in [2.45, 2.75) is 32.6 Å². The van der Waals surface area contributed by atoms with E-state index >= 15 is 0 Å². The topological polar surface area (TPSA) is 37.3 Å². The maximum atomic E-state index is 10.9. The molecule has 2 heteroatoms. The second kappa shape index (κ2) is 7.48. The molecule has 0 fully saturated rings. The van der Waals surface area contributed by atoms with Gasteiger partial charge in [-0.25, -0.2) is 0 Å². The Morgan fingerprint density at radius 1 is 1.45 bits per heavy atom. The molecule has 0 atom stereocenters. The molecule has 0 aromatic rings. The predicted molar refractivity (Wildman–Crippen MR) is 45.4 cm³/mol. The van der Waals surface area contributed by atoms with Gasteiger partial charge >= 0.3 is 0 Å². The summed E-state index contributed by atoms with van der Waals surface area (Å²) in [6.45, 7) is 2.06. The van der Waals surface area contributed by atoms with Crippen LogP contribution in [0.4, 0.5) is 0 Å². The summed E-state index contributed by atoms with van der Waals surface area (Å²) >= 11 is 0. The summed E-state index contributed by atoms with van der Waals surface area (Å²) in [5.41, 5.74) is 0. The van der Waals surface area contributed by atoms with Crippen LogP contribution in [0.15, 0.2) is 12.2 Å². The maximum absolute atomic E-state index is 10.9. The van der Waals surface area contributed by atoms with Gasteiger partial charge in [0.1, 0.15) is 0 Å². The Morgan fingerprint density at radius 3 is 2.73 bits per heavy atom. The van der Waals surface area contributed by atoms with Gasteiger partial charge in [-0.3, -0.25) is 4.79 Å². The number of hydrogen-bond acceptors (Lipinski definition) is 2. The molecule has 0 spiro atoms. The zero-order chi connectivity index (χ0) is 8.53. The minimum atomic E-state index is -0.0421. The van der Waals surface area contributed by atoms with Crippen molar-refractivity contribution in [3.05, 3.63) is 12.2 Å². The maximum Gasteiger partial charge on any atom is 0.155 e. The van der Waals surface area contributed by atoms with E-state index in [0.29, 0.717) is 6.42 Å². The third-order valence-corrected chi connectivity index (χ3v) is 1.44. The summed E-state index contributed by atoms with van der Waals surface area (Å²) < 4.78 is 0. The zero-order valence-corrected chi connectivity index (χ0v) is 7.05. The Hall–Kier alpha value is -0.630. The average molecular weight is 156 g/mol. The van der Waals surface area contributed by atoms with Crippen LogP contribution in [-0.2, 0) is 4.79 Å². The summed E-state index contributed by atoms with van der Waals surface area (Å²) in [6.07, 6.45) is 6.76. The van der Waals surface area contributed by atoms with Gasteiger partial charge in [0, 0.05) is 6.42 Å². The number of rotatable bonds is 6. The van der Waals surface area contributed by atoms with Crippen LogP contribution in [-0.4, -0.2) is 17.5 Å². The van der Waals surface area contributed by atoms with Crippen molar-refractivity contribution >= 4 is 5.78 Å². The van der Waals surface area contributed by atoms with Gasteiger partial charge in [0.15, 0.2) is 5.78 Å². The third-order valence-electron chi connectivity index (χ3n) is 1.44. The average Bonchev–Trinajstić information content (AvgIpc) is 2.01. The fourth-order valence-electron chi connectivity index (χ4n) is 0.817. The first-order valence-electron chi connectivity index (χ1n) is 4.11. The van der Waals surface area contributed by atoms with E-state index in [4.69, 9.17) is 5.11 Å². The van der Waals surface area contributed by atoms with E-state index < -0.39 is 0 Å². The highest BCUT2D eigenvalue weighted by Gasteiger charge is 1.94. The van der Waals surface area contributed by atoms with Crippen molar-refractivity contribution in [2.24, 2.45) is 0 Å². The summed E-state index contributed by atoms with van der Waals surface area (Å²) in [6, 6.07) is 0. The van der Waals surface area contributed by atoms with E-state index in [9.17, 15) is 4.79 Å². The number of carbonyl (C=O) groups is 1. The lowest BCUT2D eigenvalue weighted by molar-refractivity contribution is -0.114. The van der Waals surface area contributed by atoms with Crippen molar-refractivity contribution < 1.29 is 9.90 Å². The first kappa shape index (κ1) is 10.4. The van der Waals surface area contributed by atoms with Crippen molar-refractivity contribution in [1.82, 2.24) is 0 Å². The van der Waals surface area contributed by atoms with E-state index in [1.165, 1.54) is 12.2 Å². The van der Waals surface area contributed by atoms with Gasteiger partial charge in [-0.05, 0) is 12.5 Å². The lowest BCUT2D eigenvalue weighted by Gasteiger charge is -1.92. The Bertz CT molecular complexity index is 128. The highest BCUT2D eigenvalue weighted by Crippen LogP contribution is 1.99. The summed E-state index contributed by atoms with van der Waals surface area (Å²) in [5, 5.41) is 8.35. The van der Waals surface area contributed by atoms with Crippen molar-refractivity contribution in [3.63, 3.8) is 0 Å². The largest absolute Gasteiger partial charge is 0.392 e. The van der Waals surface area contributed by atoms with Crippen LogP contribution in [0.3, 0.4) is 0 Å². The molecular formula is C9H16O2. The van der Waals surface area contributed by atoms with Crippen LogP contribution in [0.2, 0.25) is 0 Å². The Balaban J connectivity index is 3.30. The Kier molecular flexibility index (Phi) is 7.05. The molecule has 0 heterocycles. The normalized spacial score (nSPS) is 10.7.